The Bertz CT molecular complexity index is 850. The summed E-state index contributed by atoms with van der Waals surface area (Å²) in [5.41, 5.74) is 3.59. The van der Waals surface area contributed by atoms with E-state index in [2.05, 4.69) is 10.6 Å². The summed E-state index contributed by atoms with van der Waals surface area (Å²) in [4.78, 5) is 37.1. The van der Waals surface area contributed by atoms with Gasteiger partial charge in [-0.15, -0.1) is 0 Å². The molecule has 0 spiro atoms. The number of carbonyl (C=O) groups is 3. The SMILES string of the molecule is CN(C)C(=O)Nc1ccc(-c2cccc(CN(C)C(=O)CNC(=O)O)c2)cc1. The molecule has 0 aliphatic carbocycles. The minimum Gasteiger partial charge on any atom is -0.465 e. The van der Waals surface area contributed by atoms with Crippen LogP contribution in [0.5, 0.6) is 0 Å². The molecule has 0 saturated carbocycles. The predicted octanol–water partition coefficient (Wildman–Crippen LogP) is 2.67. The van der Waals surface area contributed by atoms with E-state index in [9.17, 15) is 14.4 Å². The van der Waals surface area contributed by atoms with E-state index in [1.54, 1.807) is 21.1 Å². The number of carboxylic acid groups (broad SMARTS) is 1. The number of amides is 4. The van der Waals surface area contributed by atoms with E-state index < -0.39 is 6.09 Å². The Kier molecular flexibility index (Phi) is 6.97. The van der Waals surface area contributed by atoms with Gasteiger partial charge in [0.25, 0.3) is 0 Å². The zero-order chi connectivity index (χ0) is 20.7. The molecule has 0 unspecified atom stereocenters. The summed E-state index contributed by atoms with van der Waals surface area (Å²) in [6, 6.07) is 15.0. The molecule has 2 rings (SSSR count). The van der Waals surface area contributed by atoms with E-state index in [0.717, 1.165) is 16.7 Å². The van der Waals surface area contributed by atoms with Gasteiger partial charge in [0.1, 0.15) is 6.54 Å². The molecule has 28 heavy (non-hydrogen) atoms. The van der Waals surface area contributed by atoms with E-state index in [1.165, 1.54) is 9.80 Å². The summed E-state index contributed by atoms with van der Waals surface area (Å²) in [5.74, 6) is -0.311. The number of likely N-dealkylation sites (N-methyl/N-ethyl adjacent to an activating group) is 1. The molecule has 8 heteroatoms. The van der Waals surface area contributed by atoms with Gasteiger partial charge in [-0.3, -0.25) is 4.79 Å². The average molecular weight is 384 g/mol. The Hall–Kier alpha value is -3.55. The molecule has 4 amide bonds. The smallest absolute Gasteiger partial charge is 0.405 e. The highest BCUT2D eigenvalue weighted by atomic mass is 16.4. The minimum absolute atomic E-state index is 0.195. The van der Waals surface area contributed by atoms with Crippen molar-refractivity contribution in [1.29, 1.82) is 0 Å². The zero-order valence-electron chi connectivity index (χ0n) is 16.1. The molecule has 148 valence electrons. The molecule has 0 atom stereocenters. The highest BCUT2D eigenvalue weighted by molar-refractivity contribution is 5.89. The Morgan fingerprint density at radius 3 is 2.25 bits per heavy atom. The second kappa shape index (κ2) is 9.40. The van der Waals surface area contributed by atoms with Gasteiger partial charge in [-0.1, -0.05) is 30.3 Å². The molecular formula is C20H24N4O4. The second-order valence-electron chi connectivity index (χ2n) is 6.51. The van der Waals surface area contributed by atoms with Crippen molar-refractivity contribution in [3.8, 4) is 11.1 Å². The number of benzene rings is 2. The van der Waals surface area contributed by atoms with Gasteiger partial charge < -0.3 is 25.5 Å². The summed E-state index contributed by atoms with van der Waals surface area (Å²) in [6.07, 6.45) is -1.23. The predicted molar refractivity (Wildman–Crippen MR) is 107 cm³/mol. The van der Waals surface area contributed by atoms with Gasteiger partial charge >= 0.3 is 12.1 Å². The number of rotatable bonds is 6. The van der Waals surface area contributed by atoms with Gasteiger partial charge in [0, 0.05) is 33.4 Å². The standard InChI is InChI=1S/C20H24N4O4/c1-23(2)19(26)22-17-9-7-15(8-10-17)16-6-4-5-14(11-16)13-24(3)18(25)12-21-20(27)28/h4-11,21H,12-13H2,1-3H3,(H,22,26)(H,27,28). The summed E-state index contributed by atoms with van der Waals surface area (Å²) in [6.45, 7) is 0.108. The second-order valence-corrected chi connectivity index (χ2v) is 6.51. The number of nitrogens with one attached hydrogen (secondary N) is 2. The third kappa shape index (κ3) is 6.01. The fourth-order valence-electron chi connectivity index (χ4n) is 2.48. The normalized spacial score (nSPS) is 10.1. The maximum atomic E-state index is 11.9. The van der Waals surface area contributed by atoms with E-state index >= 15 is 0 Å². The molecule has 3 N–H and O–H groups in total. The van der Waals surface area contributed by atoms with Crippen LogP contribution in [0.3, 0.4) is 0 Å². The van der Waals surface area contributed by atoms with Gasteiger partial charge in [-0.25, -0.2) is 9.59 Å². The van der Waals surface area contributed by atoms with Gasteiger partial charge in [-0.05, 0) is 34.9 Å². The molecule has 0 aromatic heterocycles. The Balaban J connectivity index is 2.05. The Labute approximate surface area is 163 Å². The Morgan fingerprint density at radius 2 is 1.64 bits per heavy atom. The van der Waals surface area contributed by atoms with Crippen LogP contribution in [0.2, 0.25) is 0 Å². The fraction of sp³-hybridized carbons (Fsp3) is 0.250. The summed E-state index contributed by atoms with van der Waals surface area (Å²) < 4.78 is 0. The van der Waals surface area contributed by atoms with Crippen LogP contribution in [-0.2, 0) is 11.3 Å². The molecule has 0 saturated heterocycles. The van der Waals surface area contributed by atoms with Crippen LogP contribution in [0.25, 0.3) is 11.1 Å². The lowest BCUT2D eigenvalue weighted by molar-refractivity contribution is -0.129. The van der Waals surface area contributed by atoms with Crippen molar-refractivity contribution in [2.45, 2.75) is 6.54 Å². The first kappa shape index (κ1) is 20.8. The lowest BCUT2D eigenvalue weighted by Gasteiger charge is -2.17. The molecule has 8 nitrogen and oxygen atoms in total. The number of hydrogen-bond donors (Lipinski definition) is 3. The Morgan fingerprint density at radius 1 is 0.964 bits per heavy atom. The zero-order valence-corrected chi connectivity index (χ0v) is 16.1. The van der Waals surface area contributed by atoms with Gasteiger partial charge in [0.15, 0.2) is 0 Å². The molecule has 0 heterocycles. The molecule has 0 aliphatic rings. The van der Waals surface area contributed by atoms with Gasteiger partial charge in [-0.2, -0.15) is 0 Å². The first-order chi connectivity index (χ1) is 13.3. The van der Waals surface area contributed by atoms with E-state index in [1.807, 2.05) is 48.5 Å². The molecular weight excluding hydrogens is 360 g/mol. The highest BCUT2D eigenvalue weighted by Gasteiger charge is 2.11. The molecule has 0 radical (unpaired) electrons. The molecule has 0 bridgehead atoms. The number of hydrogen-bond acceptors (Lipinski definition) is 3. The van der Waals surface area contributed by atoms with Crippen molar-refractivity contribution in [3.63, 3.8) is 0 Å². The number of nitrogens with zero attached hydrogens (tertiary/aromatic N) is 2. The monoisotopic (exact) mass is 384 g/mol. The van der Waals surface area contributed by atoms with Crippen LogP contribution in [0.1, 0.15) is 5.56 Å². The van der Waals surface area contributed by atoms with Gasteiger partial charge in [0.2, 0.25) is 5.91 Å². The van der Waals surface area contributed by atoms with Crippen LogP contribution in [0.4, 0.5) is 15.3 Å². The van der Waals surface area contributed by atoms with Crippen LogP contribution < -0.4 is 10.6 Å². The maximum Gasteiger partial charge on any atom is 0.405 e. The summed E-state index contributed by atoms with van der Waals surface area (Å²) >= 11 is 0. The fourth-order valence-corrected chi connectivity index (χ4v) is 2.48. The number of carbonyl (C=O) groups excluding carboxylic acids is 2. The largest absolute Gasteiger partial charge is 0.465 e. The van der Waals surface area contributed by atoms with Crippen molar-refractivity contribution in [1.82, 2.24) is 15.1 Å². The van der Waals surface area contributed by atoms with Crippen LogP contribution >= 0.6 is 0 Å². The third-order valence-electron chi connectivity index (χ3n) is 4.04. The van der Waals surface area contributed by atoms with Crippen molar-refractivity contribution in [2.75, 3.05) is 33.0 Å². The van der Waals surface area contributed by atoms with Crippen LogP contribution in [-0.4, -0.2) is 60.6 Å². The van der Waals surface area contributed by atoms with E-state index in [-0.39, 0.29) is 18.5 Å². The number of urea groups is 1. The molecule has 0 fully saturated rings. The summed E-state index contributed by atoms with van der Waals surface area (Å²) in [5, 5.41) is 13.4. The maximum absolute atomic E-state index is 11.9. The molecule has 2 aromatic rings. The first-order valence-corrected chi connectivity index (χ1v) is 8.64. The average Bonchev–Trinajstić information content (AvgIpc) is 2.66. The number of anilines is 1. The van der Waals surface area contributed by atoms with Crippen molar-refractivity contribution in [2.24, 2.45) is 0 Å². The lowest BCUT2D eigenvalue weighted by atomic mass is 10.0. The minimum atomic E-state index is -1.23. The molecule has 2 aromatic carbocycles. The van der Waals surface area contributed by atoms with Crippen molar-refractivity contribution >= 4 is 23.7 Å². The van der Waals surface area contributed by atoms with Crippen LogP contribution in [0.15, 0.2) is 48.5 Å². The quantitative estimate of drug-likeness (QED) is 0.712. The molecule has 0 aliphatic heterocycles. The van der Waals surface area contributed by atoms with Crippen molar-refractivity contribution < 1.29 is 19.5 Å². The van der Waals surface area contributed by atoms with Crippen LogP contribution in [0, 0.1) is 0 Å². The van der Waals surface area contributed by atoms with Gasteiger partial charge in [0.05, 0.1) is 0 Å². The van der Waals surface area contributed by atoms with E-state index in [4.69, 9.17) is 5.11 Å². The van der Waals surface area contributed by atoms with Crippen molar-refractivity contribution in [3.05, 3.63) is 54.1 Å². The third-order valence-corrected chi connectivity index (χ3v) is 4.04. The summed E-state index contributed by atoms with van der Waals surface area (Å²) in [7, 11) is 4.98. The first-order valence-electron chi connectivity index (χ1n) is 8.64. The lowest BCUT2D eigenvalue weighted by Crippen LogP contribution is -2.37. The van der Waals surface area contributed by atoms with E-state index in [0.29, 0.717) is 12.2 Å². The highest BCUT2D eigenvalue weighted by Crippen LogP contribution is 2.23. The topological polar surface area (TPSA) is 102 Å².